The lowest BCUT2D eigenvalue weighted by atomic mass is 9.82. The van der Waals surface area contributed by atoms with Crippen molar-refractivity contribution in [1.82, 2.24) is 19.9 Å². The first kappa shape index (κ1) is 29.4. The minimum Gasteiger partial charge on any atom is -0.256 e. The van der Waals surface area contributed by atoms with Gasteiger partial charge in [0.25, 0.3) is 0 Å². The van der Waals surface area contributed by atoms with Crippen LogP contribution in [0.4, 0.5) is 0 Å². The molecule has 51 heavy (non-hydrogen) atoms. The predicted octanol–water partition coefficient (Wildman–Crippen LogP) is 11.7. The highest BCUT2D eigenvalue weighted by Gasteiger charge is 2.35. The van der Waals surface area contributed by atoms with Crippen LogP contribution in [0.25, 0.3) is 88.9 Å². The summed E-state index contributed by atoms with van der Waals surface area (Å²) < 4.78 is 0. The zero-order valence-electron chi connectivity index (χ0n) is 28.3. The second-order valence-electron chi connectivity index (χ2n) is 14.0. The first-order valence-electron chi connectivity index (χ1n) is 17.4. The molecule has 0 atom stereocenters. The van der Waals surface area contributed by atoms with Crippen molar-refractivity contribution in [3.63, 3.8) is 0 Å². The minimum absolute atomic E-state index is 0.136. The predicted molar refractivity (Wildman–Crippen MR) is 209 cm³/mol. The molecule has 2 aromatic heterocycles. The van der Waals surface area contributed by atoms with Gasteiger partial charge in [0.2, 0.25) is 0 Å². The maximum absolute atomic E-state index is 5.25. The average molecular weight is 653 g/mol. The molecule has 1 aliphatic rings. The van der Waals surface area contributed by atoms with Crippen molar-refractivity contribution in [2.24, 2.45) is 0 Å². The summed E-state index contributed by atoms with van der Waals surface area (Å²) in [7, 11) is 0. The summed E-state index contributed by atoms with van der Waals surface area (Å²) in [5.74, 6) is 1.96. The Bertz CT molecular complexity index is 2850. The average Bonchev–Trinajstić information content (AvgIpc) is 3.42. The molecular formula is C47H32N4. The topological polar surface area (TPSA) is 51.6 Å². The molecule has 1 aliphatic carbocycles. The highest BCUT2D eigenvalue weighted by molar-refractivity contribution is 5.99. The van der Waals surface area contributed by atoms with Gasteiger partial charge < -0.3 is 0 Å². The zero-order chi connectivity index (χ0) is 34.1. The van der Waals surface area contributed by atoms with Crippen molar-refractivity contribution in [2.75, 3.05) is 0 Å². The van der Waals surface area contributed by atoms with E-state index in [0.29, 0.717) is 17.5 Å². The first-order chi connectivity index (χ1) is 25.0. The smallest absolute Gasteiger partial charge is 0.164 e. The standard InChI is InChI=1S/C47H32N4/c1-47(2)41-15-6-5-13-37(41)38-23-22-36(27-42(38)47)45-49-44(35-21-16-29-9-3-4-10-32(29)25-35)50-46(51-45)39-14-7-11-30-17-19-33(26-40(30)39)34-20-18-31-12-8-24-48-43(31)28-34/h3-28H,1-2H3. The van der Waals surface area contributed by atoms with E-state index in [2.05, 4.69) is 164 Å². The van der Waals surface area contributed by atoms with Crippen molar-refractivity contribution < 1.29 is 0 Å². The molecule has 0 unspecified atom stereocenters. The lowest BCUT2D eigenvalue weighted by Crippen LogP contribution is -2.15. The van der Waals surface area contributed by atoms with Crippen molar-refractivity contribution in [2.45, 2.75) is 19.3 Å². The van der Waals surface area contributed by atoms with Crippen LogP contribution in [0.2, 0.25) is 0 Å². The Morgan fingerprint density at radius 1 is 0.392 bits per heavy atom. The van der Waals surface area contributed by atoms with Crippen LogP contribution in [0.5, 0.6) is 0 Å². The summed E-state index contributed by atoms with van der Waals surface area (Å²) in [6.45, 7) is 4.61. The summed E-state index contributed by atoms with van der Waals surface area (Å²) in [4.78, 5) is 20.2. The number of nitrogens with zero attached hydrogens (tertiary/aromatic N) is 4. The minimum atomic E-state index is -0.136. The number of fused-ring (bicyclic) bond motifs is 6. The van der Waals surface area contributed by atoms with Crippen LogP contribution < -0.4 is 0 Å². The van der Waals surface area contributed by atoms with Gasteiger partial charge in [0.1, 0.15) is 0 Å². The third-order valence-corrected chi connectivity index (χ3v) is 10.5. The molecule has 0 aliphatic heterocycles. The highest BCUT2D eigenvalue weighted by atomic mass is 15.0. The lowest BCUT2D eigenvalue weighted by molar-refractivity contribution is 0.660. The SMILES string of the molecule is CC1(C)c2ccccc2-c2ccc(-c3nc(-c4ccc5ccccc5c4)nc(-c4cccc5ccc(-c6ccc7cccnc7c6)cc45)n3)cc21. The molecule has 2 heterocycles. The maximum atomic E-state index is 5.25. The number of aromatic nitrogens is 4. The highest BCUT2D eigenvalue weighted by Crippen LogP contribution is 2.49. The van der Waals surface area contributed by atoms with Crippen molar-refractivity contribution in [3.05, 3.63) is 169 Å². The van der Waals surface area contributed by atoms with Crippen LogP contribution in [0, 0.1) is 0 Å². The molecule has 0 saturated carbocycles. The summed E-state index contributed by atoms with van der Waals surface area (Å²) in [6.07, 6.45) is 1.84. The van der Waals surface area contributed by atoms with Crippen LogP contribution >= 0.6 is 0 Å². The molecule has 9 aromatic rings. The normalized spacial score (nSPS) is 13.1. The largest absolute Gasteiger partial charge is 0.256 e. The second kappa shape index (κ2) is 11.3. The first-order valence-corrected chi connectivity index (χ1v) is 17.4. The van der Waals surface area contributed by atoms with Crippen LogP contribution in [0.3, 0.4) is 0 Å². The zero-order valence-corrected chi connectivity index (χ0v) is 28.3. The van der Waals surface area contributed by atoms with Gasteiger partial charge in [0.05, 0.1) is 5.52 Å². The fraction of sp³-hybridized carbons (Fsp3) is 0.0638. The Labute approximate surface area is 296 Å². The van der Waals surface area contributed by atoms with Crippen LogP contribution in [0.1, 0.15) is 25.0 Å². The third kappa shape index (κ3) is 4.83. The van der Waals surface area contributed by atoms with Crippen LogP contribution in [-0.4, -0.2) is 19.9 Å². The van der Waals surface area contributed by atoms with E-state index in [-0.39, 0.29) is 5.41 Å². The molecule has 10 rings (SSSR count). The summed E-state index contributed by atoms with van der Waals surface area (Å²) in [6, 6.07) is 53.8. The second-order valence-corrected chi connectivity index (χ2v) is 14.0. The summed E-state index contributed by atoms with van der Waals surface area (Å²) in [5, 5.41) is 5.67. The van der Waals surface area contributed by atoms with E-state index in [1.165, 1.54) is 27.6 Å². The van der Waals surface area contributed by atoms with E-state index in [9.17, 15) is 0 Å². The van der Waals surface area contributed by atoms with Gasteiger partial charge in [-0.2, -0.15) is 0 Å². The molecule has 0 spiro atoms. The molecular weight excluding hydrogens is 621 g/mol. The lowest BCUT2D eigenvalue weighted by Gasteiger charge is -2.21. The third-order valence-electron chi connectivity index (χ3n) is 10.5. The van der Waals surface area contributed by atoms with Crippen LogP contribution in [-0.2, 0) is 5.41 Å². The molecule has 0 amide bonds. The van der Waals surface area contributed by atoms with Gasteiger partial charge in [-0.3, -0.25) is 4.98 Å². The summed E-state index contributed by atoms with van der Waals surface area (Å²) >= 11 is 0. The van der Waals surface area contributed by atoms with Crippen LogP contribution in [0.15, 0.2) is 158 Å². The van der Waals surface area contributed by atoms with Gasteiger partial charge in [-0.05, 0) is 85.3 Å². The van der Waals surface area contributed by atoms with Gasteiger partial charge in [0, 0.05) is 33.7 Å². The molecule has 0 radical (unpaired) electrons. The van der Waals surface area contributed by atoms with Crippen molar-refractivity contribution >= 4 is 32.4 Å². The van der Waals surface area contributed by atoms with E-state index in [4.69, 9.17) is 15.0 Å². The van der Waals surface area contributed by atoms with E-state index in [0.717, 1.165) is 54.9 Å². The quantitative estimate of drug-likeness (QED) is 0.190. The molecule has 240 valence electrons. The number of benzene rings is 7. The number of hydrogen-bond donors (Lipinski definition) is 0. The molecule has 7 aromatic carbocycles. The van der Waals surface area contributed by atoms with E-state index in [1.807, 2.05) is 12.3 Å². The van der Waals surface area contributed by atoms with Gasteiger partial charge >= 0.3 is 0 Å². The van der Waals surface area contributed by atoms with Gasteiger partial charge in [-0.15, -0.1) is 0 Å². The number of rotatable bonds is 4. The van der Waals surface area contributed by atoms with Gasteiger partial charge in [-0.1, -0.05) is 135 Å². The Morgan fingerprint density at radius 2 is 1.00 bits per heavy atom. The van der Waals surface area contributed by atoms with Gasteiger partial charge in [0.15, 0.2) is 17.5 Å². The van der Waals surface area contributed by atoms with Gasteiger partial charge in [-0.25, -0.2) is 15.0 Å². The van der Waals surface area contributed by atoms with E-state index >= 15 is 0 Å². The maximum Gasteiger partial charge on any atom is 0.164 e. The molecule has 4 nitrogen and oxygen atoms in total. The van der Waals surface area contributed by atoms with E-state index in [1.54, 1.807) is 0 Å². The number of hydrogen-bond acceptors (Lipinski definition) is 4. The Hall–Kier alpha value is -6.52. The van der Waals surface area contributed by atoms with Crippen molar-refractivity contribution in [1.29, 1.82) is 0 Å². The Kier molecular flexibility index (Phi) is 6.49. The fourth-order valence-electron chi connectivity index (χ4n) is 7.82. The number of pyridine rings is 1. The molecule has 0 fully saturated rings. The molecule has 0 N–H and O–H groups in total. The van der Waals surface area contributed by atoms with Crippen molar-refractivity contribution in [3.8, 4) is 56.4 Å². The Morgan fingerprint density at radius 3 is 1.88 bits per heavy atom. The molecule has 0 bridgehead atoms. The van der Waals surface area contributed by atoms with E-state index < -0.39 is 0 Å². The monoisotopic (exact) mass is 652 g/mol. The fourth-order valence-corrected chi connectivity index (χ4v) is 7.82. The molecule has 4 heteroatoms. The molecule has 0 saturated heterocycles. The summed E-state index contributed by atoms with van der Waals surface area (Å²) in [5.41, 5.74) is 11.2. The Balaban J connectivity index is 1.17.